The molecule has 26 heavy (non-hydrogen) atoms. The number of fused-ring (bicyclic) bond motifs is 1. The molecule has 2 aliphatic heterocycles. The molecular formula is C20H21N3O3. The Labute approximate surface area is 152 Å². The zero-order chi connectivity index (χ0) is 17.9. The molecule has 3 heterocycles. The van der Waals surface area contributed by atoms with Crippen molar-refractivity contribution in [1.82, 2.24) is 9.88 Å². The minimum atomic E-state index is 0.0409. The third kappa shape index (κ3) is 3.22. The first-order valence-corrected chi connectivity index (χ1v) is 8.71. The van der Waals surface area contributed by atoms with E-state index < -0.39 is 0 Å². The highest BCUT2D eigenvalue weighted by Crippen LogP contribution is 2.30. The second kappa shape index (κ2) is 7.07. The van der Waals surface area contributed by atoms with Crippen LogP contribution in [0.25, 0.3) is 6.08 Å². The van der Waals surface area contributed by atoms with E-state index in [0.29, 0.717) is 25.3 Å². The van der Waals surface area contributed by atoms with Gasteiger partial charge in [-0.2, -0.15) is 0 Å². The number of rotatable bonds is 3. The first-order valence-electron chi connectivity index (χ1n) is 8.71. The first kappa shape index (κ1) is 16.4. The molecule has 1 amide bonds. The number of methoxy groups -OCH3 is 1. The predicted molar refractivity (Wildman–Crippen MR) is 99.5 cm³/mol. The molecule has 2 aromatic rings. The molecule has 0 spiro atoms. The van der Waals surface area contributed by atoms with Crippen molar-refractivity contribution in [1.29, 1.82) is 0 Å². The molecule has 134 valence electrons. The van der Waals surface area contributed by atoms with Gasteiger partial charge in [-0.05, 0) is 36.4 Å². The van der Waals surface area contributed by atoms with Crippen LogP contribution in [0.15, 0.2) is 48.2 Å². The van der Waals surface area contributed by atoms with Crippen molar-refractivity contribution in [3.8, 4) is 11.5 Å². The van der Waals surface area contributed by atoms with Gasteiger partial charge in [-0.15, -0.1) is 0 Å². The van der Waals surface area contributed by atoms with Crippen molar-refractivity contribution >= 4 is 17.8 Å². The number of aromatic nitrogens is 1. The second-order valence-electron chi connectivity index (χ2n) is 6.33. The van der Waals surface area contributed by atoms with Crippen LogP contribution in [0.2, 0.25) is 0 Å². The van der Waals surface area contributed by atoms with Gasteiger partial charge in [0.2, 0.25) is 0 Å². The Morgan fingerprint density at radius 1 is 1.15 bits per heavy atom. The van der Waals surface area contributed by atoms with Crippen molar-refractivity contribution < 1.29 is 14.3 Å². The van der Waals surface area contributed by atoms with Crippen LogP contribution in [0.1, 0.15) is 5.56 Å². The molecule has 0 atom stereocenters. The van der Waals surface area contributed by atoms with Crippen LogP contribution in [0.3, 0.4) is 0 Å². The predicted octanol–water partition coefficient (Wildman–Crippen LogP) is 2.21. The van der Waals surface area contributed by atoms with E-state index in [2.05, 4.69) is 9.88 Å². The third-order valence-electron chi connectivity index (χ3n) is 4.74. The fourth-order valence-corrected chi connectivity index (χ4v) is 3.29. The van der Waals surface area contributed by atoms with E-state index in [1.165, 1.54) is 0 Å². The van der Waals surface area contributed by atoms with Crippen LogP contribution in [-0.4, -0.2) is 55.7 Å². The monoisotopic (exact) mass is 351 g/mol. The molecule has 0 saturated carbocycles. The Balaban J connectivity index is 1.44. The van der Waals surface area contributed by atoms with Gasteiger partial charge in [0.05, 0.1) is 12.7 Å². The van der Waals surface area contributed by atoms with Crippen LogP contribution in [0, 0.1) is 0 Å². The maximum atomic E-state index is 12.9. The quantitative estimate of drug-likeness (QED) is 0.849. The van der Waals surface area contributed by atoms with Crippen LogP contribution in [0.4, 0.5) is 5.82 Å². The molecule has 6 heteroatoms. The number of ether oxygens (including phenoxy) is 2. The summed E-state index contributed by atoms with van der Waals surface area (Å²) in [4.78, 5) is 21.3. The smallest absolute Gasteiger partial charge is 0.253 e. The number of hydrogen-bond acceptors (Lipinski definition) is 5. The SMILES string of the molecule is COc1ccc2c(c1)C=C(C(=O)N1CCN(c3ccccn3)CC1)CO2. The van der Waals surface area contributed by atoms with Gasteiger partial charge in [0, 0.05) is 37.9 Å². The molecule has 2 aliphatic rings. The average Bonchev–Trinajstić information content (AvgIpc) is 2.73. The van der Waals surface area contributed by atoms with Gasteiger partial charge >= 0.3 is 0 Å². The number of anilines is 1. The second-order valence-corrected chi connectivity index (χ2v) is 6.33. The van der Waals surface area contributed by atoms with Crippen molar-refractivity contribution in [2.45, 2.75) is 0 Å². The highest BCUT2D eigenvalue weighted by atomic mass is 16.5. The number of pyridine rings is 1. The molecule has 0 aliphatic carbocycles. The van der Waals surface area contributed by atoms with Crippen LogP contribution < -0.4 is 14.4 Å². The number of amides is 1. The minimum absolute atomic E-state index is 0.0409. The Bertz CT molecular complexity index is 827. The first-order chi connectivity index (χ1) is 12.7. The summed E-state index contributed by atoms with van der Waals surface area (Å²) in [7, 11) is 1.63. The lowest BCUT2D eigenvalue weighted by molar-refractivity contribution is -0.127. The Morgan fingerprint density at radius 2 is 2.00 bits per heavy atom. The summed E-state index contributed by atoms with van der Waals surface area (Å²) in [5, 5.41) is 0. The fraction of sp³-hybridized carbons (Fsp3) is 0.300. The van der Waals surface area contributed by atoms with E-state index in [0.717, 1.165) is 36.0 Å². The lowest BCUT2D eigenvalue weighted by Crippen LogP contribution is -2.49. The molecule has 0 N–H and O–H groups in total. The largest absolute Gasteiger partial charge is 0.497 e. The Morgan fingerprint density at radius 3 is 2.73 bits per heavy atom. The number of piperazine rings is 1. The van der Waals surface area contributed by atoms with E-state index in [1.54, 1.807) is 13.3 Å². The number of nitrogens with zero attached hydrogens (tertiary/aromatic N) is 3. The molecule has 1 saturated heterocycles. The van der Waals surface area contributed by atoms with Crippen molar-refractivity contribution in [2.75, 3.05) is 44.8 Å². The zero-order valence-electron chi connectivity index (χ0n) is 14.7. The van der Waals surface area contributed by atoms with Gasteiger partial charge in [0.1, 0.15) is 23.9 Å². The summed E-state index contributed by atoms with van der Waals surface area (Å²) in [6.45, 7) is 3.22. The van der Waals surface area contributed by atoms with E-state index >= 15 is 0 Å². The normalized spacial score (nSPS) is 16.4. The van der Waals surface area contributed by atoms with Gasteiger partial charge in [-0.3, -0.25) is 4.79 Å². The molecule has 4 rings (SSSR count). The number of carbonyl (C=O) groups is 1. The maximum absolute atomic E-state index is 12.9. The topological polar surface area (TPSA) is 54.9 Å². The average molecular weight is 351 g/mol. The van der Waals surface area contributed by atoms with Gasteiger partial charge < -0.3 is 19.3 Å². The van der Waals surface area contributed by atoms with Gasteiger partial charge in [-0.1, -0.05) is 6.07 Å². The van der Waals surface area contributed by atoms with Gasteiger partial charge in [-0.25, -0.2) is 4.98 Å². The Kier molecular flexibility index (Phi) is 4.48. The lowest BCUT2D eigenvalue weighted by Gasteiger charge is -2.36. The highest BCUT2D eigenvalue weighted by molar-refractivity contribution is 5.99. The van der Waals surface area contributed by atoms with E-state index in [-0.39, 0.29) is 5.91 Å². The van der Waals surface area contributed by atoms with Crippen LogP contribution in [-0.2, 0) is 4.79 Å². The Hall–Kier alpha value is -3.02. The standard InChI is InChI=1S/C20H21N3O3/c1-25-17-5-6-18-15(13-17)12-16(14-26-18)20(24)23-10-8-22(9-11-23)19-4-2-3-7-21-19/h2-7,12-13H,8-11,14H2,1H3. The summed E-state index contributed by atoms with van der Waals surface area (Å²) >= 11 is 0. The molecule has 0 unspecified atom stereocenters. The summed E-state index contributed by atoms with van der Waals surface area (Å²) in [6, 6.07) is 11.5. The summed E-state index contributed by atoms with van der Waals surface area (Å²) in [5.41, 5.74) is 1.56. The molecule has 6 nitrogen and oxygen atoms in total. The van der Waals surface area contributed by atoms with E-state index in [9.17, 15) is 4.79 Å². The van der Waals surface area contributed by atoms with Crippen molar-refractivity contribution in [3.63, 3.8) is 0 Å². The third-order valence-corrected chi connectivity index (χ3v) is 4.74. The van der Waals surface area contributed by atoms with E-state index in [1.807, 2.05) is 47.4 Å². The number of carbonyl (C=O) groups excluding carboxylic acids is 1. The van der Waals surface area contributed by atoms with Gasteiger partial charge in [0.15, 0.2) is 0 Å². The molecular weight excluding hydrogens is 330 g/mol. The summed E-state index contributed by atoms with van der Waals surface area (Å²) < 4.78 is 11.0. The summed E-state index contributed by atoms with van der Waals surface area (Å²) in [5.74, 6) is 2.53. The van der Waals surface area contributed by atoms with E-state index in [4.69, 9.17) is 9.47 Å². The molecule has 1 aromatic heterocycles. The van der Waals surface area contributed by atoms with Gasteiger partial charge in [0.25, 0.3) is 5.91 Å². The highest BCUT2D eigenvalue weighted by Gasteiger charge is 2.26. The number of hydrogen-bond donors (Lipinski definition) is 0. The van der Waals surface area contributed by atoms with Crippen LogP contribution in [0.5, 0.6) is 11.5 Å². The molecule has 0 bridgehead atoms. The van der Waals surface area contributed by atoms with Crippen molar-refractivity contribution in [3.05, 3.63) is 53.7 Å². The lowest BCUT2D eigenvalue weighted by atomic mass is 10.1. The number of benzene rings is 1. The fourth-order valence-electron chi connectivity index (χ4n) is 3.29. The molecule has 1 aromatic carbocycles. The van der Waals surface area contributed by atoms with Crippen molar-refractivity contribution in [2.24, 2.45) is 0 Å². The maximum Gasteiger partial charge on any atom is 0.253 e. The summed E-state index contributed by atoms with van der Waals surface area (Å²) in [6.07, 6.45) is 3.71. The minimum Gasteiger partial charge on any atom is -0.497 e. The van der Waals surface area contributed by atoms with Crippen LogP contribution >= 0.6 is 0 Å². The molecule has 0 radical (unpaired) electrons. The zero-order valence-corrected chi connectivity index (χ0v) is 14.7. The molecule has 1 fully saturated rings.